The van der Waals surface area contributed by atoms with Crippen molar-refractivity contribution in [1.82, 2.24) is 0 Å². The summed E-state index contributed by atoms with van der Waals surface area (Å²) in [5.41, 5.74) is 1.09. The normalized spacial score (nSPS) is 11.2. The lowest BCUT2D eigenvalue weighted by Gasteiger charge is -1.98. The van der Waals surface area contributed by atoms with E-state index in [9.17, 15) is 4.79 Å². The van der Waals surface area contributed by atoms with Gasteiger partial charge in [-0.2, -0.15) is 0 Å². The predicted octanol–water partition coefficient (Wildman–Crippen LogP) is 3.99. The fourth-order valence-corrected chi connectivity index (χ4v) is 1.41. The number of ether oxygens (including phenoxy) is 1. The first-order valence-electron chi connectivity index (χ1n) is 6.35. The minimum Gasteiger partial charge on any atom is -0.461 e. The van der Waals surface area contributed by atoms with Crippen LogP contribution in [0.2, 0.25) is 0 Å². The monoisotopic (exact) mass is 244 g/mol. The van der Waals surface area contributed by atoms with Gasteiger partial charge in [-0.15, -0.1) is 0 Å². The average molecular weight is 244 g/mol. The van der Waals surface area contributed by atoms with Crippen LogP contribution in [0.3, 0.4) is 0 Å². The van der Waals surface area contributed by atoms with Crippen molar-refractivity contribution in [1.29, 1.82) is 0 Å². The largest absolute Gasteiger partial charge is 0.461 e. The number of carbonyl (C=O) groups is 1. The summed E-state index contributed by atoms with van der Waals surface area (Å²) in [6.45, 7) is 2.49. The SMILES string of the molecule is CCC/C=C/COC(=O)C/C=C/c1ccccc1. The van der Waals surface area contributed by atoms with Crippen molar-refractivity contribution in [2.24, 2.45) is 0 Å². The highest BCUT2D eigenvalue weighted by Crippen LogP contribution is 2.02. The second-order valence-corrected chi connectivity index (χ2v) is 3.96. The van der Waals surface area contributed by atoms with Gasteiger partial charge in [0.15, 0.2) is 0 Å². The van der Waals surface area contributed by atoms with Crippen LogP contribution in [0.5, 0.6) is 0 Å². The number of hydrogen-bond acceptors (Lipinski definition) is 2. The Labute approximate surface area is 109 Å². The van der Waals surface area contributed by atoms with Crippen molar-refractivity contribution in [3.8, 4) is 0 Å². The van der Waals surface area contributed by atoms with E-state index >= 15 is 0 Å². The third-order valence-electron chi connectivity index (χ3n) is 2.36. The smallest absolute Gasteiger partial charge is 0.309 e. The summed E-state index contributed by atoms with van der Waals surface area (Å²) in [6, 6.07) is 9.89. The molecule has 0 saturated carbocycles. The summed E-state index contributed by atoms with van der Waals surface area (Å²) in [5, 5.41) is 0. The van der Waals surface area contributed by atoms with Crippen LogP contribution in [0, 0.1) is 0 Å². The van der Waals surface area contributed by atoms with Gasteiger partial charge in [0, 0.05) is 0 Å². The molecule has 18 heavy (non-hydrogen) atoms. The molecular formula is C16H20O2. The Balaban J connectivity index is 2.19. The quantitative estimate of drug-likeness (QED) is 0.535. The van der Waals surface area contributed by atoms with E-state index in [1.54, 1.807) is 0 Å². The maximum absolute atomic E-state index is 11.4. The molecule has 0 aliphatic heterocycles. The van der Waals surface area contributed by atoms with Crippen molar-refractivity contribution < 1.29 is 9.53 Å². The first-order chi connectivity index (χ1) is 8.83. The summed E-state index contributed by atoms with van der Waals surface area (Å²) in [6.07, 6.45) is 10.1. The molecule has 0 atom stereocenters. The molecule has 96 valence electrons. The molecule has 1 aromatic rings. The molecule has 0 unspecified atom stereocenters. The molecule has 0 spiro atoms. The molecule has 0 aliphatic rings. The van der Waals surface area contributed by atoms with E-state index in [-0.39, 0.29) is 5.97 Å². The summed E-state index contributed by atoms with van der Waals surface area (Å²) in [5.74, 6) is -0.191. The zero-order valence-electron chi connectivity index (χ0n) is 10.8. The van der Waals surface area contributed by atoms with Crippen LogP contribution in [-0.2, 0) is 9.53 Å². The molecule has 0 radical (unpaired) electrons. The van der Waals surface area contributed by atoms with E-state index in [4.69, 9.17) is 4.74 Å². The lowest BCUT2D eigenvalue weighted by atomic mass is 10.2. The van der Waals surface area contributed by atoms with Crippen LogP contribution in [0.4, 0.5) is 0 Å². The van der Waals surface area contributed by atoms with Gasteiger partial charge >= 0.3 is 5.97 Å². The molecule has 0 bridgehead atoms. The predicted molar refractivity (Wildman–Crippen MR) is 75.1 cm³/mol. The van der Waals surface area contributed by atoms with Crippen LogP contribution in [0.1, 0.15) is 31.7 Å². The number of carbonyl (C=O) groups excluding carboxylic acids is 1. The van der Waals surface area contributed by atoms with Crippen molar-refractivity contribution >= 4 is 12.0 Å². The lowest BCUT2D eigenvalue weighted by Crippen LogP contribution is -2.02. The van der Waals surface area contributed by atoms with E-state index in [0.717, 1.165) is 18.4 Å². The zero-order chi connectivity index (χ0) is 13.1. The lowest BCUT2D eigenvalue weighted by molar-refractivity contribution is -0.141. The van der Waals surface area contributed by atoms with Gasteiger partial charge in [0.05, 0.1) is 6.42 Å². The third kappa shape index (κ3) is 6.69. The van der Waals surface area contributed by atoms with Crippen molar-refractivity contribution in [3.63, 3.8) is 0 Å². The zero-order valence-corrected chi connectivity index (χ0v) is 10.8. The number of hydrogen-bond donors (Lipinski definition) is 0. The Hall–Kier alpha value is -1.83. The Bertz CT molecular complexity index is 391. The number of esters is 1. The highest BCUT2D eigenvalue weighted by Gasteiger charge is 1.96. The van der Waals surface area contributed by atoms with Crippen molar-refractivity contribution in [2.45, 2.75) is 26.2 Å². The molecule has 0 amide bonds. The Kier molecular flexibility index (Phi) is 7.29. The van der Waals surface area contributed by atoms with Crippen molar-refractivity contribution in [2.75, 3.05) is 6.61 Å². The molecule has 0 aliphatic carbocycles. The standard InChI is InChI=1S/C16H20O2/c1-2-3-4-8-14-18-16(17)13-9-12-15-10-6-5-7-11-15/h4-12H,2-3,13-14H2,1H3/b8-4+,12-9+. The van der Waals surface area contributed by atoms with E-state index in [1.807, 2.05) is 54.6 Å². The fourth-order valence-electron chi connectivity index (χ4n) is 1.41. The van der Waals surface area contributed by atoms with Crippen LogP contribution in [-0.4, -0.2) is 12.6 Å². The minimum absolute atomic E-state index is 0.191. The number of allylic oxidation sites excluding steroid dienone is 1. The number of unbranched alkanes of at least 4 members (excludes halogenated alkanes) is 1. The highest BCUT2D eigenvalue weighted by molar-refractivity contribution is 5.72. The third-order valence-corrected chi connectivity index (χ3v) is 2.36. The molecule has 0 saturated heterocycles. The number of benzene rings is 1. The van der Waals surface area contributed by atoms with Gasteiger partial charge in [-0.1, -0.05) is 68.0 Å². The maximum atomic E-state index is 11.4. The van der Waals surface area contributed by atoms with Gasteiger partial charge in [-0.25, -0.2) is 0 Å². The number of rotatable bonds is 7. The topological polar surface area (TPSA) is 26.3 Å². The van der Waals surface area contributed by atoms with E-state index in [2.05, 4.69) is 6.92 Å². The van der Waals surface area contributed by atoms with Gasteiger partial charge in [0.2, 0.25) is 0 Å². The molecule has 2 heteroatoms. The first kappa shape index (κ1) is 14.2. The van der Waals surface area contributed by atoms with Gasteiger partial charge in [-0.3, -0.25) is 4.79 Å². The Morgan fingerprint density at radius 1 is 1.17 bits per heavy atom. The summed E-state index contributed by atoms with van der Waals surface area (Å²) >= 11 is 0. The van der Waals surface area contributed by atoms with Gasteiger partial charge in [0.25, 0.3) is 0 Å². The second-order valence-electron chi connectivity index (χ2n) is 3.96. The molecule has 1 aromatic carbocycles. The van der Waals surface area contributed by atoms with E-state index in [1.165, 1.54) is 0 Å². The maximum Gasteiger partial charge on any atom is 0.309 e. The second kappa shape index (κ2) is 9.23. The molecule has 2 nitrogen and oxygen atoms in total. The molecule has 0 heterocycles. The van der Waals surface area contributed by atoms with E-state index in [0.29, 0.717) is 13.0 Å². The fraction of sp³-hybridized carbons (Fsp3) is 0.312. The van der Waals surface area contributed by atoms with E-state index < -0.39 is 0 Å². The highest BCUT2D eigenvalue weighted by atomic mass is 16.5. The van der Waals surface area contributed by atoms with Gasteiger partial charge in [-0.05, 0) is 12.0 Å². The molecule has 0 fully saturated rings. The van der Waals surface area contributed by atoms with Crippen LogP contribution >= 0.6 is 0 Å². The van der Waals surface area contributed by atoms with Crippen LogP contribution in [0.25, 0.3) is 6.08 Å². The van der Waals surface area contributed by atoms with Gasteiger partial charge in [0.1, 0.15) is 6.61 Å². The minimum atomic E-state index is -0.191. The summed E-state index contributed by atoms with van der Waals surface area (Å²) in [4.78, 5) is 11.4. The Morgan fingerprint density at radius 3 is 2.67 bits per heavy atom. The molecule has 1 rings (SSSR count). The summed E-state index contributed by atoms with van der Waals surface area (Å²) < 4.78 is 5.05. The van der Waals surface area contributed by atoms with Crippen molar-refractivity contribution in [3.05, 3.63) is 54.1 Å². The molecule has 0 N–H and O–H groups in total. The van der Waals surface area contributed by atoms with Crippen LogP contribution < -0.4 is 0 Å². The van der Waals surface area contributed by atoms with Gasteiger partial charge < -0.3 is 4.74 Å². The first-order valence-corrected chi connectivity index (χ1v) is 6.35. The van der Waals surface area contributed by atoms with Crippen LogP contribution in [0.15, 0.2) is 48.6 Å². The molecule has 0 aromatic heterocycles. The Morgan fingerprint density at radius 2 is 1.94 bits per heavy atom. The molecular weight excluding hydrogens is 224 g/mol. The average Bonchev–Trinajstić information content (AvgIpc) is 2.40. The summed E-state index contributed by atoms with van der Waals surface area (Å²) in [7, 11) is 0.